The topological polar surface area (TPSA) is 29.5 Å². The van der Waals surface area contributed by atoms with E-state index in [-0.39, 0.29) is 0 Å². The Morgan fingerprint density at radius 2 is 0.825 bits per heavy atom. The van der Waals surface area contributed by atoms with Crippen LogP contribution in [0.3, 0.4) is 0 Å². The molecule has 0 saturated carbocycles. The average Bonchev–Trinajstić information content (AvgIpc) is 3.86. The number of nitrogens with zero attached hydrogens (tertiary/aromatic N) is 1. The van der Waals surface area contributed by atoms with Gasteiger partial charge in [0.1, 0.15) is 16.7 Å². The third-order valence-electron chi connectivity index (χ3n) is 11.7. The Kier molecular flexibility index (Phi) is 6.93. The molecule has 0 aliphatic rings. The van der Waals surface area contributed by atoms with Crippen molar-refractivity contribution >= 4 is 93.3 Å². The van der Waals surface area contributed by atoms with E-state index in [0.717, 1.165) is 66.5 Å². The van der Waals surface area contributed by atoms with Crippen molar-refractivity contribution in [1.82, 2.24) is 0 Å². The highest BCUT2D eigenvalue weighted by Gasteiger charge is 2.24. The lowest BCUT2D eigenvalue weighted by Crippen LogP contribution is -2.11. The Balaban J connectivity index is 1.15. The molecule has 3 heteroatoms. The summed E-state index contributed by atoms with van der Waals surface area (Å²) in [5.41, 5.74) is 11.3. The molecule has 2 aromatic heterocycles. The lowest BCUT2D eigenvalue weighted by atomic mass is 9.87. The van der Waals surface area contributed by atoms with Gasteiger partial charge in [0.15, 0.2) is 5.58 Å². The standard InChI is InChI=1S/C54H33NO2/c1-2-14-34(15-3-1)35-28-30-36(31-29-35)55(47-25-13-23-44-38-17-7-10-26-48(38)57-54(44)47)46-24-9-6-16-37(46)39-21-12-22-41-43-32-33-50-53(45-20-8-11-27-49(45)56-50)52(43)42-19-5-4-18-40(42)51(39)41/h1-33H. The summed E-state index contributed by atoms with van der Waals surface area (Å²) in [6, 6.07) is 71.4. The molecule has 0 radical (unpaired) electrons. The fourth-order valence-electron chi connectivity index (χ4n) is 9.18. The van der Waals surface area contributed by atoms with Crippen molar-refractivity contribution in [1.29, 1.82) is 0 Å². The van der Waals surface area contributed by atoms with Crippen LogP contribution in [0.4, 0.5) is 17.1 Å². The first-order valence-electron chi connectivity index (χ1n) is 19.4. The van der Waals surface area contributed by atoms with Gasteiger partial charge < -0.3 is 13.7 Å². The van der Waals surface area contributed by atoms with E-state index in [0.29, 0.717) is 0 Å². The second kappa shape index (κ2) is 12.5. The fraction of sp³-hybridized carbons (Fsp3) is 0. The van der Waals surface area contributed by atoms with Crippen LogP contribution in [0.25, 0.3) is 98.4 Å². The minimum atomic E-state index is 0.853. The third-order valence-corrected chi connectivity index (χ3v) is 11.7. The molecule has 0 fully saturated rings. The Morgan fingerprint density at radius 3 is 1.63 bits per heavy atom. The molecule has 2 heterocycles. The summed E-state index contributed by atoms with van der Waals surface area (Å²) in [5, 5.41) is 11.8. The van der Waals surface area contributed by atoms with Crippen LogP contribution >= 0.6 is 0 Å². The molecule has 12 rings (SSSR count). The molecule has 0 atom stereocenters. The van der Waals surface area contributed by atoms with Crippen LogP contribution in [0.2, 0.25) is 0 Å². The van der Waals surface area contributed by atoms with Gasteiger partial charge in [-0.2, -0.15) is 0 Å². The Morgan fingerprint density at radius 1 is 0.281 bits per heavy atom. The van der Waals surface area contributed by atoms with Crippen LogP contribution in [-0.2, 0) is 0 Å². The van der Waals surface area contributed by atoms with Crippen molar-refractivity contribution in [3.8, 4) is 22.3 Å². The zero-order valence-electron chi connectivity index (χ0n) is 30.8. The largest absolute Gasteiger partial charge is 0.456 e. The minimum Gasteiger partial charge on any atom is -0.456 e. The molecule has 0 unspecified atom stereocenters. The van der Waals surface area contributed by atoms with Crippen LogP contribution < -0.4 is 4.90 Å². The molecular formula is C54H33NO2. The maximum Gasteiger partial charge on any atom is 0.159 e. The van der Waals surface area contributed by atoms with Gasteiger partial charge in [0.25, 0.3) is 0 Å². The molecule has 0 spiro atoms. The number of furan rings is 2. The summed E-state index contributed by atoms with van der Waals surface area (Å²) >= 11 is 0. The number of para-hydroxylation sites is 4. The summed E-state index contributed by atoms with van der Waals surface area (Å²) in [6.07, 6.45) is 0. The second-order valence-corrected chi connectivity index (χ2v) is 14.8. The van der Waals surface area contributed by atoms with Gasteiger partial charge >= 0.3 is 0 Å². The highest BCUT2D eigenvalue weighted by molar-refractivity contribution is 6.36. The SMILES string of the molecule is c1ccc(-c2ccc(N(c3ccccc3-c3cccc4c5ccc6oc7ccccc7c6c5c5ccccc5c34)c3cccc4c3oc3ccccc34)cc2)cc1. The molecule has 0 amide bonds. The number of rotatable bonds is 5. The maximum atomic E-state index is 6.73. The van der Waals surface area contributed by atoms with Crippen LogP contribution in [0.1, 0.15) is 0 Å². The quantitative estimate of drug-likeness (QED) is 0.165. The summed E-state index contributed by atoms with van der Waals surface area (Å²) in [4.78, 5) is 2.37. The van der Waals surface area contributed by atoms with Gasteiger partial charge in [-0.3, -0.25) is 0 Å². The molecule has 10 aromatic carbocycles. The number of hydrogen-bond acceptors (Lipinski definition) is 3. The molecule has 266 valence electrons. The van der Waals surface area contributed by atoms with E-state index in [2.05, 4.69) is 193 Å². The summed E-state index contributed by atoms with van der Waals surface area (Å²) in [7, 11) is 0. The molecule has 0 bridgehead atoms. The van der Waals surface area contributed by atoms with Gasteiger partial charge in [0.05, 0.1) is 11.4 Å². The first kappa shape index (κ1) is 31.7. The molecule has 3 nitrogen and oxygen atoms in total. The van der Waals surface area contributed by atoms with Crippen LogP contribution in [0.5, 0.6) is 0 Å². The van der Waals surface area contributed by atoms with Crippen molar-refractivity contribution in [2.24, 2.45) is 0 Å². The fourth-order valence-corrected chi connectivity index (χ4v) is 9.18. The van der Waals surface area contributed by atoms with Crippen molar-refractivity contribution in [3.63, 3.8) is 0 Å². The molecule has 0 aliphatic heterocycles. The number of fused-ring (bicyclic) bond motifs is 13. The Labute approximate surface area is 328 Å². The molecule has 0 saturated heterocycles. The first-order chi connectivity index (χ1) is 28.3. The van der Waals surface area contributed by atoms with Crippen molar-refractivity contribution in [3.05, 3.63) is 200 Å². The van der Waals surface area contributed by atoms with E-state index in [4.69, 9.17) is 8.83 Å². The predicted molar refractivity (Wildman–Crippen MR) is 239 cm³/mol. The van der Waals surface area contributed by atoms with E-state index in [1.807, 2.05) is 12.1 Å². The number of benzene rings is 10. The van der Waals surface area contributed by atoms with E-state index in [1.54, 1.807) is 0 Å². The third kappa shape index (κ3) is 4.79. The van der Waals surface area contributed by atoms with Crippen molar-refractivity contribution in [2.75, 3.05) is 4.90 Å². The maximum absolute atomic E-state index is 6.73. The van der Waals surface area contributed by atoms with E-state index >= 15 is 0 Å². The molecule has 0 N–H and O–H groups in total. The molecular weight excluding hydrogens is 695 g/mol. The minimum absolute atomic E-state index is 0.853. The van der Waals surface area contributed by atoms with Crippen LogP contribution in [0, 0.1) is 0 Å². The molecule has 12 aromatic rings. The zero-order valence-corrected chi connectivity index (χ0v) is 30.8. The summed E-state index contributed by atoms with van der Waals surface area (Å²) in [6.45, 7) is 0. The predicted octanol–water partition coefficient (Wildman–Crippen LogP) is 15.7. The molecule has 57 heavy (non-hydrogen) atoms. The van der Waals surface area contributed by atoms with E-state index in [1.165, 1.54) is 49.0 Å². The molecule has 0 aliphatic carbocycles. The summed E-state index contributed by atoms with van der Waals surface area (Å²) in [5.74, 6) is 0. The van der Waals surface area contributed by atoms with E-state index in [9.17, 15) is 0 Å². The second-order valence-electron chi connectivity index (χ2n) is 14.8. The van der Waals surface area contributed by atoms with Crippen LogP contribution in [-0.4, -0.2) is 0 Å². The van der Waals surface area contributed by atoms with Crippen molar-refractivity contribution in [2.45, 2.75) is 0 Å². The Bertz CT molecular complexity index is 3490. The van der Waals surface area contributed by atoms with E-state index < -0.39 is 0 Å². The van der Waals surface area contributed by atoms with Gasteiger partial charge in [-0.15, -0.1) is 0 Å². The number of anilines is 3. The first-order valence-corrected chi connectivity index (χ1v) is 19.4. The van der Waals surface area contributed by atoms with Crippen LogP contribution in [0.15, 0.2) is 209 Å². The lowest BCUT2D eigenvalue weighted by Gasteiger charge is -2.28. The highest BCUT2D eigenvalue weighted by Crippen LogP contribution is 2.49. The van der Waals surface area contributed by atoms with Gasteiger partial charge in [0, 0.05) is 38.2 Å². The smallest absolute Gasteiger partial charge is 0.159 e. The average molecular weight is 728 g/mol. The number of hydrogen-bond donors (Lipinski definition) is 0. The van der Waals surface area contributed by atoms with Gasteiger partial charge in [-0.05, 0) is 92.2 Å². The van der Waals surface area contributed by atoms with Gasteiger partial charge in [0.2, 0.25) is 0 Å². The summed E-state index contributed by atoms with van der Waals surface area (Å²) < 4.78 is 13.1. The monoisotopic (exact) mass is 727 g/mol. The van der Waals surface area contributed by atoms with Gasteiger partial charge in [-0.1, -0.05) is 152 Å². The zero-order chi connectivity index (χ0) is 37.5. The highest BCUT2D eigenvalue weighted by atomic mass is 16.3. The van der Waals surface area contributed by atoms with Gasteiger partial charge in [-0.25, -0.2) is 0 Å². The normalized spacial score (nSPS) is 11.9. The lowest BCUT2D eigenvalue weighted by molar-refractivity contribution is 0.669. The van der Waals surface area contributed by atoms with Crippen molar-refractivity contribution < 1.29 is 8.83 Å². The Hall–Kier alpha value is -7.62.